The summed E-state index contributed by atoms with van der Waals surface area (Å²) in [5, 5.41) is 0. The van der Waals surface area contributed by atoms with Gasteiger partial charge in [0.1, 0.15) is 5.75 Å². The maximum Gasteiger partial charge on any atom is 0.142 e. The van der Waals surface area contributed by atoms with Crippen LogP contribution in [0.5, 0.6) is 5.75 Å². The monoisotopic (exact) mass is 276 g/mol. The third-order valence-electron chi connectivity index (χ3n) is 4.23. The van der Waals surface area contributed by atoms with Gasteiger partial charge in [-0.25, -0.2) is 0 Å². The first kappa shape index (κ1) is 15.2. The van der Waals surface area contributed by atoms with Crippen LogP contribution in [0, 0.1) is 5.92 Å². The van der Waals surface area contributed by atoms with Gasteiger partial charge in [0.05, 0.1) is 12.3 Å². The van der Waals surface area contributed by atoms with Crippen LogP contribution in [0.1, 0.15) is 39.0 Å². The van der Waals surface area contributed by atoms with Crippen LogP contribution in [0.4, 0.5) is 5.69 Å². The topological polar surface area (TPSA) is 38.5 Å². The number of fused-ring (bicyclic) bond motifs is 1. The summed E-state index contributed by atoms with van der Waals surface area (Å²) in [7, 11) is 0. The average Bonchev–Trinajstić information content (AvgIpc) is 2.69. The van der Waals surface area contributed by atoms with E-state index in [2.05, 4.69) is 36.1 Å². The van der Waals surface area contributed by atoms with Crippen molar-refractivity contribution in [2.24, 2.45) is 11.7 Å². The fourth-order valence-corrected chi connectivity index (χ4v) is 2.99. The molecule has 0 radical (unpaired) electrons. The lowest BCUT2D eigenvalue weighted by Gasteiger charge is -2.24. The van der Waals surface area contributed by atoms with Gasteiger partial charge in [0.2, 0.25) is 0 Å². The van der Waals surface area contributed by atoms with Crippen molar-refractivity contribution in [3.8, 4) is 5.75 Å². The van der Waals surface area contributed by atoms with Crippen LogP contribution < -0.4 is 15.4 Å². The molecule has 20 heavy (non-hydrogen) atoms. The molecule has 112 valence electrons. The minimum absolute atomic E-state index is 0.790. The highest BCUT2D eigenvalue weighted by Gasteiger charge is 2.15. The van der Waals surface area contributed by atoms with Crippen molar-refractivity contribution in [3.05, 3.63) is 24.3 Å². The van der Waals surface area contributed by atoms with Crippen LogP contribution in [-0.2, 0) is 0 Å². The van der Waals surface area contributed by atoms with E-state index in [1.54, 1.807) is 0 Å². The molecule has 0 amide bonds. The molecule has 0 spiro atoms. The van der Waals surface area contributed by atoms with Crippen LogP contribution in [0.25, 0.3) is 0 Å². The maximum absolute atomic E-state index is 5.81. The van der Waals surface area contributed by atoms with Crippen molar-refractivity contribution >= 4 is 5.69 Å². The van der Waals surface area contributed by atoms with Gasteiger partial charge >= 0.3 is 0 Å². The SMILES string of the molecule is CCC(CCN)CCCN1CCCOc2ccccc21. The Morgan fingerprint density at radius 2 is 2.15 bits per heavy atom. The quantitative estimate of drug-likeness (QED) is 0.829. The second-order valence-corrected chi connectivity index (χ2v) is 5.65. The molecule has 0 fully saturated rings. The Labute approximate surface area is 123 Å². The molecule has 0 saturated heterocycles. The lowest BCUT2D eigenvalue weighted by Crippen LogP contribution is -2.25. The van der Waals surface area contributed by atoms with Gasteiger partial charge in [-0.3, -0.25) is 0 Å². The summed E-state index contributed by atoms with van der Waals surface area (Å²) in [4.78, 5) is 2.48. The zero-order chi connectivity index (χ0) is 14.2. The summed E-state index contributed by atoms with van der Waals surface area (Å²) < 4.78 is 5.81. The van der Waals surface area contributed by atoms with Gasteiger partial charge < -0.3 is 15.4 Å². The zero-order valence-corrected chi connectivity index (χ0v) is 12.7. The zero-order valence-electron chi connectivity index (χ0n) is 12.7. The highest BCUT2D eigenvalue weighted by molar-refractivity contribution is 5.58. The second kappa shape index (κ2) is 8.15. The van der Waals surface area contributed by atoms with Gasteiger partial charge in [-0.15, -0.1) is 0 Å². The van der Waals surface area contributed by atoms with E-state index >= 15 is 0 Å². The number of nitrogens with two attached hydrogens (primary N) is 1. The normalized spacial score (nSPS) is 16.2. The predicted molar refractivity (Wildman–Crippen MR) is 85.5 cm³/mol. The molecule has 0 bridgehead atoms. The van der Waals surface area contributed by atoms with Crippen molar-refractivity contribution in [2.45, 2.75) is 39.0 Å². The van der Waals surface area contributed by atoms with Crippen molar-refractivity contribution in [1.82, 2.24) is 0 Å². The fraction of sp³-hybridized carbons (Fsp3) is 0.647. The van der Waals surface area contributed by atoms with Gasteiger partial charge in [0.15, 0.2) is 0 Å². The molecule has 0 aromatic heterocycles. The molecule has 2 rings (SSSR count). The van der Waals surface area contributed by atoms with Crippen LogP contribution in [0.15, 0.2) is 24.3 Å². The number of anilines is 1. The molecule has 1 aromatic rings. The molecule has 1 atom stereocenters. The summed E-state index contributed by atoms with van der Waals surface area (Å²) in [6.45, 7) is 6.15. The van der Waals surface area contributed by atoms with Gasteiger partial charge in [0, 0.05) is 13.1 Å². The van der Waals surface area contributed by atoms with Crippen LogP contribution in [0.2, 0.25) is 0 Å². The highest BCUT2D eigenvalue weighted by Crippen LogP contribution is 2.30. The molecule has 1 heterocycles. The Morgan fingerprint density at radius 1 is 1.30 bits per heavy atom. The Morgan fingerprint density at radius 3 is 2.95 bits per heavy atom. The van der Waals surface area contributed by atoms with Crippen LogP contribution >= 0.6 is 0 Å². The molecule has 3 heteroatoms. The van der Waals surface area contributed by atoms with E-state index in [0.29, 0.717) is 0 Å². The first-order valence-electron chi connectivity index (χ1n) is 8.02. The number of para-hydroxylation sites is 2. The van der Waals surface area contributed by atoms with Gasteiger partial charge in [-0.1, -0.05) is 25.5 Å². The maximum atomic E-state index is 5.81. The third-order valence-corrected chi connectivity index (χ3v) is 4.23. The number of ether oxygens (including phenoxy) is 1. The first-order chi connectivity index (χ1) is 9.85. The summed E-state index contributed by atoms with van der Waals surface area (Å²) in [5.41, 5.74) is 6.94. The van der Waals surface area contributed by atoms with Crippen molar-refractivity contribution in [2.75, 3.05) is 31.1 Å². The van der Waals surface area contributed by atoms with E-state index in [9.17, 15) is 0 Å². The summed E-state index contributed by atoms with van der Waals surface area (Å²) in [6.07, 6.45) is 6.04. The van der Waals surface area contributed by atoms with E-state index in [1.807, 2.05) is 0 Å². The lowest BCUT2D eigenvalue weighted by molar-refractivity contribution is 0.322. The molecule has 2 N–H and O–H groups in total. The standard InChI is InChI=1S/C17H28N2O/c1-2-15(10-11-18)7-5-12-19-13-6-14-20-17-9-4-3-8-16(17)19/h3-4,8-9,15H,2,5-7,10-14,18H2,1H3. The fourth-order valence-electron chi connectivity index (χ4n) is 2.99. The van der Waals surface area contributed by atoms with Crippen LogP contribution in [-0.4, -0.2) is 26.2 Å². The molecule has 0 saturated carbocycles. The van der Waals surface area contributed by atoms with Gasteiger partial charge in [0.25, 0.3) is 0 Å². The van der Waals surface area contributed by atoms with E-state index in [0.717, 1.165) is 50.8 Å². The van der Waals surface area contributed by atoms with Crippen molar-refractivity contribution < 1.29 is 4.74 Å². The lowest BCUT2D eigenvalue weighted by atomic mass is 9.96. The van der Waals surface area contributed by atoms with E-state index < -0.39 is 0 Å². The smallest absolute Gasteiger partial charge is 0.142 e. The molecule has 1 aromatic carbocycles. The highest BCUT2D eigenvalue weighted by atomic mass is 16.5. The van der Waals surface area contributed by atoms with Crippen molar-refractivity contribution in [3.63, 3.8) is 0 Å². The molecule has 3 nitrogen and oxygen atoms in total. The number of benzene rings is 1. The van der Waals surface area contributed by atoms with Gasteiger partial charge in [-0.2, -0.15) is 0 Å². The molecule has 1 unspecified atom stereocenters. The average molecular weight is 276 g/mol. The van der Waals surface area contributed by atoms with E-state index in [-0.39, 0.29) is 0 Å². The minimum Gasteiger partial charge on any atom is -0.491 e. The first-order valence-corrected chi connectivity index (χ1v) is 8.02. The molecule has 1 aliphatic heterocycles. The number of rotatable bonds is 7. The number of nitrogens with zero attached hydrogens (tertiary/aromatic N) is 1. The third kappa shape index (κ3) is 4.14. The molecule has 0 aliphatic carbocycles. The van der Waals surface area contributed by atoms with E-state index in [4.69, 9.17) is 10.5 Å². The van der Waals surface area contributed by atoms with E-state index in [1.165, 1.54) is 24.9 Å². The Kier molecular flexibility index (Phi) is 6.19. The Hall–Kier alpha value is -1.22. The largest absolute Gasteiger partial charge is 0.491 e. The predicted octanol–water partition coefficient (Wildman–Crippen LogP) is 3.43. The summed E-state index contributed by atoms with van der Waals surface area (Å²) in [5.74, 6) is 1.83. The van der Waals surface area contributed by atoms with Crippen LogP contribution in [0.3, 0.4) is 0 Å². The number of hydrogen-bond acceptors (Lipinski definition) is 3. The Bertz CT molecular complexity index is 394. The molecular weight excluding hydrogens is 248 g/mol. The second-order valence-electron chi connectivity index (χ2n) is 5.65. The minimum atomic E-state index is 0.790. The van der Waals surface area contributed by atoms with Gasteiger partial charge in [-0.05, 0) is 50.3 Å². The molecule has 1 aliphatic rings. The van der Waals surface area contributed by atoms with Crippen molar-refractivity contribution in [1.29, 1.82) is 0 Å². The number of hydrogen-bond donors (Lipinski definition) is 1. The summed E-state index contributed by atoms with van der Waals surface area (Å²) in [6, 6.07) is 8.41. The summed E-state index contributed by atoms with van der Waals surface area (Å²) >= 11 is 0. The molecular formula is C17H28N2O. The Balaban J connectivity index is 1.89.